The van der Waals surface area contributed by atoms with Gasteiger partial charge in [-0.25, -0.2) is 0 Å². The molecule has 16 heavy (non-hydrogen) atoms. The van der Waals surface area contributed by atoms with Gasteiger partial charge < -0.3 is 15.8 Å². The molecule has 2 aliphatic rings. The number of piperidine rings is 1. The largest absolute Gasteiger partial charge is 0.409 e. The molecule has 1 heterocycles. The molecule has 0 bridgehead atoms. The molecule has 2 fully saturated rings. The molecule has 90 valence electrons. The Balaban J connectivity index is 2.03. The van der Waals surface area contributed by atoms with Gasteiger partial charge in [-0.3, -0.25) is 4.79 Å². The van der Waals surface area contributed by atoms with E-state index < -0.39 is 5.41 Å². The minimum absolute atomic E-state index is 0.0506. The lowest BCUT2D eigenvalue weighted by atomic mass is 9.96. The first-order chi connectivity index (χ1) is 7.60. The minimum atomic E-state index is -0.671. The van der Waals surface area contributed by atoms with Crippen molar-refractivity contribution >= 4 is 11.7 Å². The van der Waals surface area contributed by atoms with Crippen LogP contribution in [0, 0.1) is 11.3 Å². The molecule has 2 rings (SSSR count). The van der Waals surface area contributed by atoms with Crippen molar-refractivity contribution in [3.05, 3.63) is 0 Å². The Labute approximate surface area is 95.3 Å². The van der Waals surface area contributed by atoms with Gasteiger partial charge in [-0.15, -0.1) is 0 Å². The number of nitrogens with zero attached hydrogens (tertiary/aromatic N) is 2. The van der Waals surface area contributed by atoms with E-state index in [4.69, 9.17) is 10.9 Å². The monoisotopic (exact) mass is 225 g/mol. The predicted molar refractivity (Wildman–Crippen MR) is 60.1 cm³/mol. The van der Waals surface area contributed by atoms with Crippen LogP contribution in [0.4, 0.5) is 0 Å². The molecule has 0 aromatic heterocycles. The summed E-state index contributed by atoms with van der Waals surface area (Å²) >= 11 is 0. The zero-order valence-corrected chi connectivity index (χ0v) is 9.65. The van der Waals surface area contributed by atoms with Crippen LogP contribution in [0.5, 0.6) is 0 Å². The molecular weight excluding hydrogens is 206 g/mol. The van der Waals surface area contributed by atoms with E-state index in [2.05, 4.69) is 12.1 Å². The molecule has 1 aliphatic heterocycles. The van der Waals surface area contributed by atoms with E-state index >= 15 is 0 Å². The fraction of sp³-hybridized carbons (Fsp3) is 0.818. The normalized spacial score (nSPS) is 25.6. The highest BCUT2D eigenvalue weighted by Crippen LogP contribution is 2.47. The lowest BCUT2D eigenvalue weighted by Crippen LogP contribution is -2.46. The van der Waals surface area contributed by atoms with Crippen LogP contribution in [0.25, 0.3) is 0 Å². The van der Waals surface area contributed by atoms with E-state index in [0.29, 0.717) is 18.8 Å². The molecule has 1 amide bonds. The highest BCUT2D eigenvalue weighted by molar-refractivity contribution is 6.09. The Morgan fingerprint density at radius 2 is 2.00 bits per heavy atom. The molecular formula is C11H19N3O2. The van der Waals surface area contributed by atoms with Gasteiger partial charge in [0, 0.05) is 13.1 Å². The first-order valence-electron chi connectivity index (χ1n) is 5.87. The van der Waals surface area contributed by atoms with Crippen molar-refractivity contribution < 1.29 is 10.0 Å². The maximum absolute atomic E-state index is 12.2. The van der Waals surface area contributed by atoms with Crippen molar-refractivity contribution in [2.24, 2.45) is 22.2 Å². The SMILES string of the molecule is CC1CCN(C(=O)C2(C(N)=NO)CC2)CC1. The third-order valence-corrected chi connectivity index (χ3v) is 3.83. The molecule has 0 aromatic carbocycles. The van der Waals surface area contributed by atoms with Gasteiger partial charge in [-0.1, -0.05) is 12.1 Å². The van der Waals surface area contributed by atoms with Crippen LogP contribution in [0.2, 0.25) is 0 Å². The first kappa shape index (κ1) is 11.2. The summed E-state index contributed by atoms with van der Waals surface area (Å²) in [6, 6.07) is 0. The van der Waals surface area contributed by atoms with Gasteiger partial charge in [-0.2, -0.15) is 0 Å². The number of nitrogens with two attached hydrogens (primary N) is 1. The Hall–Kier alpha value is -1.26. The molecule has 0 radical (unpaired) electrons. The summed E-state index contributed by atoms with van der Waals surface area (Å²) in [7, 11) is 0. The Kier molecular flexibility index (Phi) is 2.78. The summed E-state index contributed by atoms with van der Waals surface area (Å²) < 4.78 is 0. The van der Waals surface area contributed by atoms with Crippen molar-refractivity contribution in [3.63, 3.8) is 0 Å². The van der Waals surface area contributed by atoms with E-state index in [9.17, 15) is 4.79 Å². The van der Waals surface area contributed by atoms with Gasteiger partial charge in [-0.05, 0) is 31.6 Å². The van der Waals surface area contributed by atoms with Crippen LogP contribution in [-0.2, 0) is 4.79 Å². The third-order valence-electron chi connectivity index (χ3n) is 3.83. The summed E-state index contributed by atoms with van der Waals surface area (Å²) in [4.78, 5) is 14.1. The van der Waals surface area contributed by atoms with Crippen molar-refractivity contribution in [1.82, 2.24) is 4.90 Å². The van der Waals surface area contributed by atoms with Gasteiger partial charge in [0.2, 0.25) is 5.91 Å². The second-order valence-corrected chi connectivity index (χ2v) is 5.04. The molecule has 0 unspecified atom stereocenters. The number of hydrogen-bond acceptors (Lipinski definition) is 3. The number of rotatable bonds is 2. The number of oxime groups is 1. The summed E-state index contributed by atoms with van der Waals surface area (Å²) in [5, 5.41) is 11.7. The van der Waals surface area contributed by atoms with Crippen LogP contribution in [0.15, 0.2) is 5.16 Å². The maximum Gasteiger partial charge on any atom is 0.236 e. The summed E-state index contributed by atoms with van der Waals surface area (Å²) in [5.74, 6) is 0.828. The van der Waals surface area contributed by atoms with Crippen LogP contribution < -0.4 is 5.73 Å². The van der Waals surface area contributed by atoms with E-state index in [1.807, 2.05) is 4.90 Å². The van der Waals surface area contributed by atoms with Crippen LogP contribution in [0.1, 0.15) is 32.6 Å². The highest BCUT2D eigenvalue weighted by Gasteiger charge is 2.55. The second-order valence-electron chi connectivity index (χ2n) is 5.04. The van der Waals surface area contributed by atoms with Gasteiger partial charge in [0.15, 0.2) is 5.84 Å². The number of amides is 1. The average Bonchev–Trinajstić information content (AvgIpc) is 3.09. The van der Waals surface area contributed by atoms with Gasteiger partial charge in [0.1, 0.15) is 5.41 Å². The molecule has 3 N–H and O–H groups in total. The lowest BCUT2D eigenvalue weighted by Gasteiger charge is -2.32. The molecule has 0 atom stereocenters. The Morgan fingerprint density at radius 3 is 2.44 bits per heavy atom. The number of hydrogen-bond donors (Lipinski definition) is 2. The zero-order valence-electron chi connectivity index (χ0n) is 9.65. The minimum Gasteiger partial charge on any atom is -0.409 e. The molecule has 5 heteroatoms. The molecule has 0 aromatic rings. The topological polar surface area (TPSA) is 78.9 Å². The third kappa shape index (κ3) is 1.74. The number of carbonyl (C=O) groups is 1. The zero-order chi connectivity index (χ0) is 11.8. The fourth-order valence-electron chi connectivity index (χ4n) is 2.31. The molecule has 0 spiro atoms. The number of amidine groups is 1. The van der Waals surface area contributed by atoms with Gasteiger partial charge in [0.05, 0.1) is 0 Å². The van der Waals surface area contributed by atoms with E-state index in [1.54, 1.807) is 0 Å². The van der Waals surface area contributed by atoms with Crippen LogP contribution in [-0.4, -0.2) is 34.9 Å². The van der Waals surface area contributed by atoms with Gasteiger partial charge >= 0.3 is 0 Å². The molecule has 1 saturated carbocycles. The summed E-state index contributed by atoms with van der Waals surface area (Å²) in [6.45, 7) is 3.82. The van der Waals surface area contributed by atoms with Crippen molar-refractivity contribution in [1.29, 1.82) is 0 Å². The number of carbonyl (C=O) groups excluding carboxylic acids is 1. The standard InChI is InChI=1S/C11H19N3O2/c1-8-2-6-14(7-3-8)10(15)11(4-5-11)9(12)13-16/h8,16H,2-7H2,1H3,(H2,12,13). The Morgan fingerprint density at radius 1 is 1.44 bits per heavy atom. The number of likely N-dealkylation sites (tertiary alicyclic amines) is 1. The Bertz CT molecular complexity index is 315. The maximum atomic E-state index is 12.2. The van der Waals surface area contributed by atoms with Crippen LogP contribution >= 0.6 is 0 Å². The van der Waals surface area contributed by atoms with E-state index in [-0.39, 0.29) is 11.7 Å². The van der Waals surface area contributed by atoms with E-state index in [0.717, 1.165) is 25.9 Å². The van der Waals surface area contributed by atoms with E-state index in [1.165, 1.54) is 0 Å². The van der Waals surface area contributed by atoms with Crippen LogP contribution in [0.3, 0.4) is 0 Å². The quantitative estimate of drug-likeness (QED) is 0.315. The van der Waals surface area contributed by atoms with Crippen molar-refractivity contribution in [3.8, 4) is 0 Å². The molecule has 1 saturated heterocycles. The van der Waals surface area contributed by atoms with Gasteiger partial charge in [0.25, 0.3) is 0 Å². The van der Waals surface area contributed by atoms with Crippen molar-refractivity contribution in [2.45, 2.75) is 32.6 Å². The predicted octanol–water partition coefficient (Wildman–Crippen LogP) is 0.771. The molecule has 1 aliphatic carbocycles. The van der Waals surface area contributed by atoms with Crippen molar-refractivity contribution in [2.75, 3.05) is 13.1 Å². The first-order valence-corrected chi connectivity index (χ1v) is 5.87. The highest BCUT2D eigenvalue weighted by atomic mass is 16.4. The fourth-order valence-corrected chi connectivity index (χ4v) is 2.31. The lowest BCUT2D eigenvalue weighted by molar-refractivity contribution is -0.135. The molecule has 5 nitrogen and oxygen atoms in total. The summed E-state index contributed by atoms with van der Waals surface area (Å²) in [5.41, 5.74) is 4.93. The summed E-state index contributed by atoms with van der Waals surface area (Å²) in [6.07, 6.45) is 3.54. The average molecular weight is 225 g/mol. The smallest absolute Gasteiger partial charge is 0.236 e. The second kappa shape index (κ2) is 3.96.